The van der Waals surface area contributed by atoms with Gasteiger partial charge in [0.25, 0.3) is 10.0 Å². The van der Waals surface area contributed by atoms with Gasteiger partial charge in [0.15, 0.2) is 5.03 Å². The van der Waals surface area contributed by atoms with Gasteiger partial charge < -0.3 is 9.72 Å². The lowest BCUT2D eigenvalue weighted by atomic mass is 10.4. The molecule has 0 aliphatic rings. The Morgan fingerprint density at radius 2 is 2.25 bits per heavy atom. The van der Waals surface area contributed by atoms with Gasteiger partial charge in [-0.1, -0.05) is 0 Å². The molecule has 0 aromatic carbocycles. The Morgan fingerprint density at radius 1 is 1.62 bits per heavy atom. The average molecular weight is 247 g/mol. The van der Waals surface area contributed by atoms with Crippen LogP contribution in [-0.2, 0) is 14.8 Å². The maximum atomic E-state index is 12.1. The minimum atomic E-state index is -3.50. The second-order valence-electron chi connectivity index (χ2n) is 3.66. The van der Waals surface area contributed by atoms with E-state index in [1.54, 1.807) is 13.8 Å². The van der Waals surface area contributed by atoms with Crippen LogP contribution in [0.15, 0.2) is 11.2 Å². The first-order chi connectivity index (χ1) is 7.39. The number of aryl methyl sites for hydroxylation is 1. The van der Waals surface area contributed by atoms with E-state index < -0.39 is 10.0 Å². The summed E-state index contributed by atoms with van der Waals surface area (Å²) in [6, 6.07) is -0.224. The molecule has 1 aromatic rings. The first kappa shape index (κ1) is 13.1. The van der Waals surface area contributed by atoms with Crippen LogP contribution in [0.2, 0.25) is 0 Å². The Bertz CT molecular complexity index is 441. The molecule has 0 aliphatic heterocycles. The molecule has 92 valence electrons. The lowest BCUT2D eigenvalue weighted by Gasteiger charge is -2.22. The van der Waals surface area contributed by atoms with Gasteiger partial charge in [-0.2, -0.15) is 4.31 Å². The molecule has 1 aromatic heterocycles. The number of nitrogens with zero attached hydrogens (tertiary/aromatic N) is 2. The molecule has 0 radical (unpaired) electrons. The molecule has 0 fully saturated rings. The molecule has 0 bridgehead atoms. The molecule has 0 saturated heterocycles. The van der Waals surface area contributed by atoms with Crippen molar-refractivity contribution in [2.75, 3.05) is 20.8 Å². The van der Waals surface area contributed by atoms with Crippen LogP contribution in [0.5, 0.6) is 0 Å². The molecular weight excluding hydrogens is 230 g/mol. The first-order valence-corrected chi connectivity index (χ1v) is 6.32. The molecule has 1 heterocycles. The standard InChI is InChI=1S/C9H17N3O3S/c1-7(6-15-4)12(3)16(13,14)9-5-10-8(2)11-9/h5,7H,6H2,1-4H3,(H,10,11). The van der Waals surface area contributed by atoms with Gasteiger partial charge in [0, 0.05) is 20.2 Å². The topological polar surface area (TPSA) is 75.3 Å². The number of ether oxygens (including phenoxy) is 1. The van der Waals surface area contributed by atoms with Crippen molar-refractivity contribution >= 4 is 10.0 Å². The van der Waals surface area contributed by atoms with Gasteiger partial charge in [0.1, 0.15) is 5.82 Å². The number of aromatic nitrogens is 2. The van der Waals surface area contributed by atoms with E-state index in [9.17, 15) is 8.42 Å². The predicted octanol–water partition coefficient (Wildman–Crippen LogP) is 0.374. The smallest absolute Gasteiger partial charge is 0.260 e. The van der Waals surface area contributed by atoms with Crippen LogP contribution < -0.4 is 0 Å². The van der Waals surface area contributed by atoms with Gasteiger partial charge in [-0.3, -0.25) is 0 Å². The summed E-state index contributed by atoms with van der Waals surface area (Å²) in [5.74, 6) is 0.575. The molecule has 16 heavy (non-hydrogen) atoms. The van der Waals surface area contributed by atoms with E-state index in [4.69, 9.17) is 4.74 Å². The monoisotopic (exact) mass is 247 g/mol. The van der Waals surface area contributed by atoms with E-state index in [1.807, 2.05) is 0 Å². The Morgan fingerprint density at radius 3 is 2.69 bits per heavy atom. The predicted molar refractivity (Wildman–Crippen MR) is 59.6 cm³/mol. The zero-order valence-corrected chi connectivity index (χ0v) is 10.7. The van der Waals surface area contributed by atoms with Crippen LogP contribution in [0.3, 0.4) is 0 Å². The average Bonchev–Trinajstić information content (AvgIpc) is 2.64. The Labute approximate surface area is 95.7 Å². The highest BCUT2D eigenvalue weighted by atomic mass is 32.2. The van der Waals surface area contributed by atoms with Crippen molar-refractivity contribution in [2.45, 2.75) is 24.9 Å². The number of imidazole rings is 1. The fourth-order valence-corrected chi connectivity index (χ4v) is 2.58. The highest BCUT2D eigenvalue weighted by Crippen LogP contribution is 2.14. The Hall–Kier alpha value is -0.920. The number of rotatable bonds is 5. The molecule has 0 aliphatic carbocycles. The summed E-state index contributed by atoms with van der Waals surface area (Å²) in [7, 11) is -0.442. The highest BCUT2D eigenvalue weighted by molar-refractivity contribution is 7.89. The zero-order valence-electron chi connectivity index (χ0n) is 9.89. The molecule has 0 amide bonds. The number of H-pyrrole nitrogens is 1. The molecule has 0 saturated carbocycles. The number of aromatic amines is 1. The fraction of sp³-hybridized carbons (Fsp3) is 0.667. The second kappa shape index (κ2) is 4.94. The van der Waals surface area contributed by atoms with Crippen molar-refractivity contribution in [2.24, 2.45) is 0 Å². The second-order valence-corrected chi connectivity index (χ2v) is 5.62. The molecule has 1 atom stereocenters. The van der Waals surface area contributed by atoms with Gasteiger partial charge in [-0.25, -0.2) is 13.4 Å². The van der Waals surface area contributed by atoms with E-state index in [-0.39, 0.29) is 11.1 Å². The highest BCUT2D eigenvalue weighted by Gasteiger charge is 2.26. The van der Waals surface area contributed by atoms with Gasteiger partial charge in [-0.05, 0) is 13.8 Å². The summed E-state index contributed by atoms with van der Waals surface area (Å²) in [5, 5.41) is 0.107. The maximum Gasteiger partial charge on any atom is 0.260 e. The third kappa shape index (κ3) is 2.60. The largest absolute Gasteiger partial charge is 0.383 e. The maximum absolute atomic E-state index is 12.1. The van der Waals surface area contributed by atoms with E-state index in [1.165, 1.54) is 24.7 Å². The van der Waals surface area contributed by atoms with Crippen molar-refractivity contribution in [3.05, 3.63) is 12.0 Å². The van der Waals surface area contributed by atoms with Crippen molar-refractivity contribution in [3.8, 4) is 0 Å². The normalized spacial score (nSPS) is 14.3. The van der Waals surface area contributed by atoms with Crippen LogP contribution in [0.25, 0.3) is 0 Å². The number of methoxy groups -OCH3 is 1. The summed E-state index contributed by atoms with van der Waals surface area (Å²) in [6.07, 6.45) is 1.32. The van der Waals surface area contributed by atoms with E-state index >= 15 is 0 Å². The summed E-state index contributed by atoms with van der Waals surface area (Å²) < 4.78 is 30.3. The van der Waals surface area contributed by atoms with Crippen LogP contribution in [0.1, 0.15) is 12.7 Å². The molecule has 1 rings (SSSR count). The summed E-state index contributed by atoms with van der Waals surface area (Å²) in [4.78, 5) is 6.59. The van der Waals surface area contributed by atoms with E-state index in [0.717, 1.165) is 0 Å². The van der Waals surface area contributed by atoms with Crippen molar-refractivity contribution in [1.29, 1.82) is 0 Å². The van der Waals surface area contributed by atoms with Gasteiger partial charge >= 0.3 is 0 Å². The number of likely N-dealkylation sites (N-methyl/N-ethyl adjacent to an activating group) is 1. The molecular formula is C9H17N3O3S. The molecule has 7 heteroatoms. The molecule has 1 unspecified atom stereocenters. The Kier molecular flexibility index (Phi) is 4.06. The number of hydrogen-bond donors (Lipinski definition) is 1. The quantitative estimate of drug-likeness (QED) is 0.816. The lowest BCUT2D eigenvalue weighted by molar-refractivity contribution is 0.149. The van der Waals surface area contributed by atoms with Gasteiger partial charge in [-0.15, -0.1) is 0 Å². The SMILES string of the molecule is COCC(C)N(C)S(=O)(=O)c1cnc(C)[nH]1. The minimum absolute atomic E-state index is 0.107. The van der Waals surface area contributed by atoms with Crippen LogP contribution in [-0.4, -0.2) is 49.5 Å². The molecule has 1 N–H and O–H groups in total. The van der Waals surface area contributed by atoms with Crippen LogP contribution >= 0.6 is 0 Å². The van der Waals surface area contributed by atoms with Crippen molar-refractivity contribution in [1.82, 2.24) is 14.3 Å². The summed E-state index contributed by atoms with van der Waals surface area (Å²) in [6.45, 7) is 3.84. The van der Waals surface area contributed by atoms with Gasteiger partial charge in [0.05, 0.1) is 12.8 Å². The number of nitrogens with one attached hydrogen (secondary N) is 1. The minimum Gasteiger partial charge on any atom is -0.383 e. The Balaban J connectivity index is 2.94. The third-order valence-corrected chi connectivity index (χ3v) is 4.25. The van der Waals surface area contributed by atoms with E-state index in [0.29, 0.717) is 12.4 Å². The summed E-state index contributed by atoms with van der Waals surface area (Å²) in [5.41, 5.74) is 0. The first-order valence-electron chi connectivity index (χ1n) is 4.88. The van der Waals surface area contributed by atoms with E-state index in [2.05, 4.69) is 9.97 Å². The fourth-order valence-electron chi connectivity index (χ4n) is 1.27. The third-order valence-electron chi connectivity index (χ3n) is 2.37. The van der Waals surface area contributed by atoms with Crippen LogP contribution in [0.4, 0.5) is 0 Å². The lowest BCUT2D eigenvalue weighted by Crippen LogP contribution is -2.37. The van der Waals surface area contributed by atoms with Gasteiger partial charge in [0.2, 0.25) is 0 Å². The molecule has 6 nitrogen and oxygen atoms in total. The zero-order chi connectivity index (χ0) is 12.3. The van der Waals surface area contributed by atoms with Crippen molar-refractivity contribution < 1.29 is 13.2 Å². The van der Waals surface area contributed by atoms with Crippen LogP contribution in [0, 0.1) is 6.92 Å². The van der Waals surface area contributed by atoms with Crippen molar-refractivity contribution in [3.63, 3.8) is 0 Å². The molecule has 0 spiro atoms. The summed E-state index contributed by atoms with van der Waals surface area (Å²) >= 11 is 0. The number of sulfonamides is 1. The number of hydrogen-bond acceptors (Lipinski definition) is 4.